The topological polar surface area (TPSA) is 72.7 Å². The minimum absolute atomic E-state index is 0.0792. The van der Waals surface area contributed by atoms with Crippen molar-refractivity contribution in [2.75, 3.05) is 13.7 Å². The number of likely N-dealkylation sites (N-methyl/N-ethyl adjacent to an activating group) is 1. The van der Waals surface area contributed by atoms with Crippen LogP contribution < -0.4 is 5.43 Å². The van der Waals surface area contributed by atoms with E-state index in [0.29, 0.717) is 16.4 Å². The summed E-state index contributed by atoms with van der Waals surface area (Å²) in [6.45, 7) is 8.92. The average Bonchev–Trinajstić information content (AvgIpc) is 3.38. The number of aromatic nitrogens is 1. The second-order valence-electron chi connectivity index (χ2n) is 7.07. The molecule has 3 rings (SSSR count). The molecule has 164 valence electrons. The van der Waals surface area contributed by atoms with E-state index in [9.17, 15) is 4.91 Å². The zero-order chi connectivity index (χ0) is 22.2. The molecule has 1 aliphatic heterocycles. The maximum atomic E-state index is 12.0. The van der Waals surface area contributed by atoms with Crippen LogP contribution in [0.25, 0.3) is 6.08 Å². The molecule has 0 bridgehead atoms. The van der Waals surface area contributed by atoms with Gasteiger partial charge in [0.05, 0.1) is 4.91 Å². The van der Waals surface area contributed by atoms with Gasteiger partial charge < -0.3 is 9.88 Å². The first kappa shape index (κ1) is 22.7. The molecule has 1 aromatic carbocycles. The van der Waals surface area contributed by atoms with E-state index in [-0.39, 0.29) is 6.17 Å². The number of hydrogen-bond acceptors (Lipinski definition) is 6. The first-order chi connectivity index (χ1) is 15.1. The fourth-order valence-electron chi connectivity index (χ4n) is 3.64. The average molecular weight is 441 g/mol. The van der Waals surface area contributed by atoms with Crippen LogP contribution in [0.3, 0.4) is 0 Å². The third-order valence-electron chi connectivity index (χ3n) is 5.27. The minimum atomic E-state index is 0.0792. The predicted octanol–water partition coefficient (Wildman–Crippen LogP) is 4.75. The molecule has 8 heteroatoms. The number of amidine groups is 1. The van der Waals surface area contributed by atoms with Crippen LogP contribution >= 0.6 is 11.8 Å². The van der Waals surface area contributed by atoms with Crippen LogP contribution in [0.5, 0.6) is 0 Å². The molecule has 0 saturated carbocycles. The molecule has 0 radical (unpaired) electrons. The van der Waals surface area contributed by atoms with Crippen molar-refractivity contribution >= 4 is 28.7 Å². The Labute approximate surface area is 187 Å². The Morgan fingerprint density at radius 2 is 2.16 bits per heavy atom. The van der Waals surface area contributed by atoms with E-state index in [2.05, 4.69) is 52.3 Å². The Kier molecular flexibility index (Phi) is 7.94. The standard InChI is InChI=1S/C23H30N5O2S/c1-5-8-12-19-18(15-24-20(19)6-2)14-22-25-26-23(27(22)7-3)31-16-17-11-9-10-13-21(17)28(29)30-4/h5-6,8-11,13,15,22,24-25H,2,7,12,14,16H2,1,3-4H3/q+1/b8-5-. The normalized spacial score (nSPS) is 15.8. The van der Waals surface area contributed by atoms with Crippen molar-refractivity contribution in [2.24, 2.45) is 5.10 Å². The summed E-state index contributed by atoms with van der Waals surface area (Å²) in [4.78, 5) is 22.9. The smallest absolute Gasteiger partial charge is 0.320 e. The Bertz CT molecular complexity index is 982. The molecule has 2 aromatic rings. The molecule has 1 unspecified atom stereocenters. The van der Waals surface area contributed by atoms with Gasteiger partial charge in [-0.15, -0.1) is 0 Å². The number of thioether (sulfide) groups is 1. The second kappa shape index (κ2) is 10.9. The summed E-state index contributed by atoms with van der Waals surface area (Å²) < 4.78 is 0. The van der Waals surface area contributed by atoms with Gasteiger partial charge in [0.15, 0.2) is 12.3 Å². The fourth-order valence-corrected chi connectivity index (χ4v) is 4.70. The van der Waals surface area contributed by atoms with Crippen LogP contribution in [0.2, 0.25) is 0 Å². The van der Waals surface area contributed by atoms with Crippen LogP contribution in [0.4, 0.5) is 5.69 Å². The third kappa shape index (κ3) is 5.19. The lowest BCUT2D eigenvalue weighted by molar-refractivity contribution is -0.737. The van der Waals surface area contributed by atoms with Gasteiger partial charge in [-0.25, -0.2) is 4.84 Å². The van der Waals surface area contributed by atoms with E-state index >= 15 is 0 Å². The van der Waals surface area contributed by atoms with Gasteiger partial charge >= 0.3 is 5.69 Å². The number of rotatable bonds is 10. The summed E-state index contributed by atoms with van der Waals surface area (Å²) in [5, 5.41) is 5.51. The first-order valence-corrected chi connectivity index (χ1v) is 11.4. The first-order valence-electron chi connectivity index (χ1n) is 10.4. The number of hydrazone groups is 1. The predicted molar refractivity (Wildman–Crippen MR) is 128 cm³/mol. The second-order valence-corrected chi connectivity index (χ2v) is 8.01. The van der Waals surface area contributed by atoms with E-state index in [0.717, 1.165) is 35.8 Å². The van der Waals surface area contributed by atoms with Gasteiger partial charge in [0.2, 0.25) is 0 Å². The maximum Gasteiger partial charge on any atom is 0.320 e. The molecule has 31 heavy (non-hydrogen) atoms. The number of allylic oxidation sites excluding steroid dienone is 2. The van der Waals surface area contributed by atoms with Crippen molar-refractivity contribution in [3.8, 4) is 0 Å². The van der Waals surface area contributed by atoms with E-state index in [1.807, 2.05) is 31.2 Å². The van der Waals surface area contributed by atoms with Crippen LogP contribution in [-0.2, 0) is 23.4 Å². The minimum Gasteiger partial charge on any atom is -0.361 e. The largest absolute Gasteiger partial charge is 0.361 e. The quantitative estimate of drug-likeness (QED) is 0.412. The molecule has 1 aromatic heterocycles. The van der Waals surface area contributed by atoms with Gasteiger partial charge in [-0.3, -0.25) is 5.43 Å². The molecule has 2 heterocycles. The summed E-state index contributed by atoms with van der Waals surface area (Å²) in [6.07, 6.45) is 9.95. The van der Waals surface area contributed by atoms with Gasteiger partial charge in [0, 0.05) is 42.2 Å². The molecule has 0 spiro atoms. The molecule has 1 atom stereocenters. The highest BCUT2D eigenvalue weighted by Crippen LogP contribution is 2.28. The van der Waals surface area contributed by atoms with Gasteiger partial charge in [0.25, 0.3) is 4.92 Å². The molecular formula is C23H30N5O2S+. The monoisotopic (exact) mass is 440 g/mol. The molecule has 7 nitrogen and oxygen atoms in total. The van der Waals surface area contributed by atoms with Crippen LogP contribution in [0.15, 0.2) is 54.3 Å². The van der Waals surface area contributed by atoms with Crippen molar-refractivity contribution in [1.82, 2.24) is 15.3 Å². The number of para-hydroxylation sites is 1. The number of nitrogens with zero attached hydrogens (tertiary/aromatic N) is 3. The molecular weight excluding hydrogens is 410 g/mol. The van der Waals surface area contributed by atoms with Crippen molar-refractivity contribution < 1.29 is 9.76 Å². The summed E-state index contributed by atoms with van der Waals surface area (Å²) in [7, 11) is 1.37. The fraction of sp³-hybridized carbons (Fsp3) is 0.348. The highest BCUT2D eigenvalue weighted by atomic mass is 32.2. The third-order valence-corrected chi connectivity index (χ3v) is 6.31. The number of benzene rings is 1. The number of hydrogen-bond donors (Lipinski definition) is 2. The molecule has 0 fully saturated rings. The lowest BCUT2D eigenvalue weighted by atomic mass is 10.0. The van der Waals surface area contributed by atoms with Crippen LogP contribution in [-0.4, -0.2) is 39.8 Å². The Morgan fingerprint density at radius 3 is 2.87 bits per heavy atom. The highest BCUT2D eigenvalue weighted by molar-refractivity contribution is 8.13. The lowest BCUT2D eigenvalue weighted by Gasteiger charge is -2.25. The van der Waals surface area contributed by atoms with Crippen molar-refractivity contribution in [3.63, 3.8) is 0 Å². The van der Waals surface area contributed by atoms with Gasteiger partial charge in [-0.2, -0.15) is 5.10 Å². The van der Waals surface area contributed by atoms with Crippen molar-refractivity contribution in [3.05, 3.63) is 76.5 Å². The van der Waals surface area contributed by atoms with Gasteiger partial charge in [0.1, 0.15) is 6.17 Å². The number of H-pyrrole nitrogens is 1. The molecule has 1 aliphatic rings. The molecule has 0 aliphatic carbocycles. The summed E-state index contributed by atoms with van der Waals surface area (Å²) in [5.74, 6) is 0.624. The Morgan fingerprint density at radius 1 is 1.35 bits per heavy atom. The van der Waals surface area contributed by atoms with Crippen molar-refractivity contribution in [1.29, 1.82) is 0 Å². The molecule has 0 amide bonds. The zero-order valence-electron chi connectivity index (χ0n) is 18.3. The lowest BCUT2D eigenvalue weighted by Crippen LogP contribution is -2.40. The molecule has 2 N–H and O–H groups in total. The Balaban J connectivity index is 1.69. The summed E-state index contributed by atoms with van der Waals surface area (Å²) in [6, 6.07) is 7.45. The van der Waals surface area contributed by atoms with Crippen molar-refractivity contribution in [2.45, 2.75) is 38.6 Å². The SMILES string of the molecule is C=Cc1[nH]cc(CC2NN=C(SCc3ccccc3[N+](=O)OC)N2CC)c1C/C=C\C. The summed E-state index contributed by atoms with van der Waals surface area (Å²) >= 11 is 1.61. The van der Waals surface area contributed by atoms with Crippen LogP contribution in [0, 0.1) is 4.91 Å². The van der Waals surface area contributed by atoms with Crippen LogP contribution in [0.1, 0.15) is 36.2 Å². The van der Waals surface area contributed by atoms with Gasteiger partial charge in [-0.1, -0.05) is 48.7 Å². The number of aromatic amines is 1. The summed E-state index contributed by atoms with van der Waals surface area (Å²) in [5.41, 5.74) is 8.32. The van der Waals surface area contributed by atoms with E-state index in [1.165, 1.54) is 18.2 Å². The molecule has 0 saturated heterocycles. The van der Waals surface area contributed by atoms with E-state index < -0.39 is 0 Å². The van der Waals surface area contributed by atoms with E-state index in [4.69, 9.17) is 4.84 Å². The van der Waals surface area contributed by atoms with Gasteiger partial charge in [-0.05, 0) is 37.5 Å². The highest BCUT2D eigenvalue weighted by Gasteiger charge is 2.29. The maximum absolute atomic E-state index is 12.0. The number of nitrogens with one attached hydrogen (secondary N) is 2. The van der Waals surface area contributed by atoms with E-state index in [1.54, 1.807) is 17.8 Å². The Hall–Kier alpha value is -3.00. The zero-order valence-corrected chi connectivity index (χ0v) is 19.1.